The molecule has 0 aromatic heterocycles. The van der Waals surface area contributed by atoms with E-state index in [-0.39, 0.29) is 12.5 Å². The molecule has 0 aromatic rings. The van der Waals surface area contributed by atoms with Crippen LogP contribution in [0.3, 0.4) is 0 Å². The number of rotatable bonds is 7. The van der Waals surface area contributed by atoms with E-state index in [1.54, 1.807) is 13.8 Å². The molecule has 0 aliphatic rings. The molecule has 0 bridgehead atoms. The third-order valence-electron chi connectivity index (χ3n) is 1.43. The van der Waals surface area contributed by atoms with E-state index in [1.165, 1.54) is 0 Å². The summed E-state index contributed by atoms with van der Waals surface area (Å²) in [6.45, 7) is 4.28. The molecular formula is C7H17NO4Si. The molecule has 0 saturated carbocycles. The lowest BCUT2D eigenvalue weighted by molar-refractivity contribution is -0.117. The average molecular weight is 207 g/mol. The quantitative estimate of drug-likeness (QED) is 0.570. The van der Waals surface area contributed by atoms with Gasteiger partial charge in [-0.3, -0.25) is 4.79 Å². The Morgan fingerprint density at radius 3 is 2.15 bits per heavy atom. The van der Waals surface area contributed by atoms with Gasteiger partial charge in [0.2, 0.25) is 5.91 Å². The van der Waals surface area contributed by atoms with E-state index in [1.807, 2.05) is 0 Å². The van der Waals surface area contributed by atoms with E-state index in [4.69, 9.17) is 14.6 Å². The Hall–Kier alpha value is -0.433. The van der Waals surface area contributed by atoms with Crippen LogP contribution >= 0.6 is 0 Å². The molecule has 0 atom stereocenters. The first-order chi connectivity index (χ1) is 6.04. The zero-order chi connectivity index (χ0) is 10.3. The highest BCUT2D eigenvalue weighted by Crippen LogP contribution is 2.11. The molecule has 0 rings (SSSR count). The summed E-state index contributed by atoms with van der Waals surface area (Å²) in [5, 5.41) is 0. The number of primary amides is 1. The van der Waals surface area contributed by atoms with Crippen LogP contribution < -0.4 is 5.73 Å². The maximum absolute atomic E-state index is 10.5. The smallest absolute Gasteiger partial charge is 0.390 e. The second kappa shape index (κ2) is 6.09. The van der Waals surface area contributed by atoms with Gasteiger partial charge in [0.15, 0.2) is 0 Å². The number of amides is 1. The molecule has 13 heavy (non-hydrogen) atoms. The van der Waals surface area contributed by atoms with E-state index in [2.05, 4.69) is 0 Å². The minimum atomic E-state index is -3.11. The maximum atomic E-state index is 10.5. The van der Waals surface area contributed by atoms with Gasteiger partial charge in [0.25, 0.3) is 0 Å². The summed E-state index contributed by atoms with van der Waals surface area (Å²) >= 11 is 0. The third kappa shape index (κ3) is 5.75. The minimum absolute atomic E-state index is 0.0999. The van der Waals surface area contributed by atoms with E-state index in [9.17, 15) is 9.59 Å². The normalized spacial score (nSPS) is 11.6. The van der Waals surface area contributed by atoms with Gasteiger partial charge in [0.05, 0.1) is 0 Å². The van der Waals surface area contributed by atoms with Crippen LogP contribution in [0.25, 0.3) is 0 Å². The van der Waals surface area contributed by atoms with E-state index in [0.717, 1.165) is 0 Å². The van der Waals surface area contributed by atoms with Crippen molar-refractivity contribution in [1.82, 2.24) is 0 Å². The summed E-state index contributed by atoms with van der Waals surface area (Å²) in [4.78, 5) is 20.2. The zero-order valence-corrected chi connectivity index (χ0v) is 9.08. The first-order valence-corrected chi connectivity index (χ1v) is 6.29. The highest BCUT2D eigenvalue weighted by atomic mass is 28.4. The Bertz CT molecular complexity index is 159. The van der Waals surface area contributed by atoms with Crippen molar-refractivity contribution in [3.8, 4) is 0 Å². The number of hydrogen-bond donors (Lipinski definition) is 2. The Morgan fingerprint density at radius 1 is 1.38 bits per heavy atom. The topological polar surface area (TPSA) is 81.8 Å². The van der Waals surface area contributed by atoms with Gasteiger partial charge in [-0.15, -0.1) is 0 Å². The van der Waals surface area contributed by atoms with Crippen molar-refractivity contribution in [2.45, 2.75) is 26.3 Å². The van der Waals surface area contributed by atoms with Crippen molar-refractivity contribution in [3.63, 3.8) is 0 Å². The number of carbonyl (C=O) groups excluding carboxylic acids is 1. The fraction of sp³-hybridized carbons (Fsp3) is 0.857. The molecule has 0 fully saturated rings. The molecule has 1 amide bonds. The lowest BCUT2D eigenvalue weighted by Crippen LogP contribution is -2.43. The Kier molecular flexibility index (Phi) is 5.88. The van der Waals surface area contributed by atoms with Crippen LogP contribution in [-0.2, 0) is 13.6 Å². The van der Waals surface area contributed by atoms with Crippen molar-refractivity contribution in [2.24, 2.45) is 5.73 Å². The third-order valence-corrected chi connectivity index (χ3v) is 3.79. The van der Waals surface area contributed by atoms with Crippen LogP contribution in [0, 0.1) is 0 Å². The molecule has 0 radical (unpaired) electrons. The second-order valence-corrected chi connectivity index (χ2v) is 5.05. The predicted molar refractivity (Wildman–Crippen MR) is 49.8 cm³/mol. The van der Waals surface area contributed by atoms with Crippen molar-refractivity contribution in [2.75, 3.05) is 13.2 Å². The summed E-state index contributed by atoms with van der Waals surface area (Å²) in [7, 11) is -3.11. The first-order valence-electron chi connectivity index (χ1n) is 4.32. The highest BCUT2D eigenvalue weighted by Gasteiger charge is 2.36. The molecule has 0 heterocycles. The molecular weight excluding hydrogens is 190 g/mol. The molecule has 3 N–H and O–H groups in total. The number of hydrogen-bond acceptors (Lipinski definition) is 4. The minimum Gasteiger partial charge on any atom is -0.390 e. The number of nitrogens with two attached hydrogens (primary N) is 1. The van der Waals surface area contributed by atoms with Crippen LogP contribution in [0.2, 0.25) is 6.04 Å². The van der Waals surface area contributed by atoms with Crippen LogP contribution in [0.5, 0.6) is 0 Å². The fourth-order valence-corrected chi connectivity index (χ4v) is 2.75. The van der Waals surface area contributed by atoms with Gasteiger partial charge in [-0.05, 0) is 13.8 Å². The number of carbonyl (C=O) groups is 1. The lowest BCUT2D eigenvalue weighted by Gasteiger charge is -2.22. The molecule has 0 saturated heterocycles. The molecule has 0 aromatic carbocycles. The predicted octanol–water partition coefficient (Wildman–Crippen LogP) is -0.134. The Balaban J connectivity index is 3.98. The summed E-state index contributed by atoms with van der Waals surface area (Å²) in [5.74, 6) is -0.453. The first kappa shape index (κ1) is 12.6. The summed E-state index contributed by atoms with van der Waals surface area (Å²) in [5.41, 5.74) is 4.95. The van der Waals surface area contributed by atoms with Gasteiger partial charge >= 0.3 is 8.80 Å². The molecule has 0 unspecified atom stereocenters. The molecule has 0 spiro atoms. The van der Waals surface area contributed by atoms with Crippen molar-refractivity contribution < 1.29 is 18.4 Å². The van der Waals surface area contributed by atoms with E-state index in [0.29, 0.717) is 13.2 Å². The van der Waals surface area contributed by atoms with Crippen LogP contribution in [0.1, 0.15) is 20.3 Å². The van der Waals surface area contributed by atoms with Crippen molar-refractivity contribution in [3.05, 3.63) is 0 Å². The Morgan fingerprint density at radius 2 is 1.85 bits per heavy atom. The van der Waals surface area contributed by atoms with Gasteiger partial charge in [0.1, 0.15) is 0 Å². The molecule has 6 heteroatoms. The average Bonchev–Trinajstić information content (AvgIpc) is 2.02. The van der Waals surface area contributed by atoms with Gasteiger partial charge < -0.3 is 19.4 Å². The van der Waals surface area contributed by atoms with Gasteiger partial charge in [0, 0.05) is 25.7 Å². The van der Waals surface area contributed by atoms with E-state index >= 15 is 0 Å². The zero-order valence-electron chi connectivity index (χ0n) is 8.08. The van der Waals surface area contributed by atoms with Gasteiger partial charge in [-0.25, -0.2) is 0 Å². The van der Waals surface area contributed by atoms with Crippen LogP contribution in [-0.4, -0.2) is 32.7 Å². The monoisotopic (exact) mass is 207 g/mol. The SMILES string of the molecule is CCO[Si](O)(CCC(N)=O)OCC. The van der Waals surface area contributed by atoms with Gasteiger partial charge in [-0.2, -0.15) is 0 Å². The summed E-state index contributed by atoms with van der Waals surface area (Å²) < 4.78 is 10.2. The van der Waals surface area contributed by atoms with Crippen molar-refractivity contribution >= 4 is 14.7 Å². The summed E-state index contributed by atoms with van der Waals surface area (Å²) in [6, 6.07) is 0.198. The fourth-order valence-electron chi connectivity index (χ4n) is 0.918. The lowest BCUT2D eigenvalue weighted by atomic mass is 10.5. The maximum Gasteiger partial charge on any atom is 0.498 e. The van der Waals surface area contributed by atoms with Gasteiger partial charge in [-0.1, -0.05) is 0 Å². The van der Waals surface area contributed by atoms with Crippen LogP contribution in [0.4, 0.5) is 0 Å². The van der Waals surface area contributed by atoms with Crippen molar-refractivity contribution in [1.29, 1.82) is 0 Å². The standard InChI is InChI=1S/C7H17NO4Si/c1-3-11-13(10,12-4-2)6-5-7(8)9/h10H,3-6H2,1-2H3,(H2,8,9). The molecule has 5 nitrogen and oxygen atoms in total. The van der Waals surface area contributed by atoms with Crippen LogP contribution in [0.15, 0.2) is 0 Å². The molecule has 0 aliphatic heterocycles. The second-order valence-electron chi connectivity index (χ2n) is 2.55. The summed E-state index contributed by atoms with van der Waals surface area (Å²) in [6.07, 6.45) is 0.0999. The molecule has 0 aliphatic carbocycles. The Labute approximate surface area is 79.2 Å². The highest BCUT2D eigenvalue weighted by molar-refractivity contribution is 6.59. The largest absolute Gasteiger partial charge is 0.498 e. The molecule has 78 valence electrons. The van der Waals surface area contributed by atoms with E-state index < -0.39 is 14.7 Å².